The van der Waals surface area contributed by atoms with Gasteiger partial charge in [-0.2, -0.15) is 17.4 Å². The number of nitrogens with zero attached hydrogens (tertiary/aromatic N) is 2. The molecule has 26 heavy (non-hydrogen) atoms. The number of rotatable bonds is 3. The lowest BCUT2D eigenvalue weighted by Crippen LogP contribution is -2.55. The normalized spacial score (nSPS) is 22.9. The van der Waals surface area contributed by atoms with Gasteiger partial charge < -0.3 is 5.32 Å². The van der Waals surface area contributed by atoms with E-state index in [0.717, 1.165) is 14.2 Å². The fourth-order valence-corrected chi connectivity index (χ4v) is 5.31. The van der Waals surface area contributed by atoms with Gasteiger partial charge in [0.2, 0.25) is 5.91 Å². The molecule has 1 aromatic carbocycles. The molecular formula is C14H13BrClFN4O3S2. The van der Waals surface area contributed by atoms with Crippen LogP contribution in [0, 0.1) is 5.82 Å². The Balaban J connectivity index is 1.83. The molecule has 140 valence electrons. The second-order valence-corrected chi connectivity index (χ2v) is 10.2. The van der Waals surface area contributed by atoms with Gasteiger partial charge in [0.25, 0.3) is 10.2 Å². The number of halogens is 3. The maximum atomic E-state index is 13.2. The van der Waals surface area contributed by atoms with Crippen LogP contribution in [0.5, 0.6) is 0 Å². The Morgan fingerprint density at radius 3 is 2.88 bits per heavy atom. The highest BCUT2D eigenvalue weighted by atomic mass is 79.9. The second kappa shape index (κ2) is 7.49. The van der Waals surface area contributed by atoms with Crippen molar-refractivity contribution in [1.29, 1.82) is 0 Å². The number of hydrogen-bond acceptors (Lipinski definition) is 5. The second-order valence-electron chi connectivity index (χ2n) is 5.56. The number of nitrogens with one attached hydrogen (secondary N) is 2. The van der Waals surface area contributed by atoms with Crippen LogP contribution < -0.4 is 10.0 Å². The summed E-state index contributed by atoms with van der Waals surface area (Å²) in [5.74, 6) is -1.15. The van der Waals surface area contributed by atoms with Gasteiger partial charge in [0.1, 0.15) is 16.9 Å². The first-order valence-electron chi connectivity index (χ1n) is 7.30. The Labute approximate surface area is 166 Å². The number of carbonyl (C=O) groups is 1. The molecule has 0 spiro atoms. The van der Waals surface area contributed by atoms with Crippen molar-refractivity contribution >= 4 is 60.7 Å². The Hall–Kier alpha value is -1.11. The Kier molecular flexibility index (Phi) is 5.66. The number of benzene rings is 1. The Morgan fingerprint density at radius 1 is 1.54 bits per heavy atom. The number of carbonyl (C=O) groups excluding carboxylic acids is 1. The summed E-state index contributed by atoms with van der Waals surface area (Å²) in [5, 5.41) is 2.99. The number of hydrogen-bond donors (Lipinski definition) is 2. The van der Waals surface area contributed by atoms with E-state index >= 15 is 0 Å². The van der Waals surface area contributed by atoms with E-state index in [9.17, 15) is 17.6 Å². The highest BCUT2D eigenvalue weighted by Crippen LogP contribution is 2.32. The van der Waals surface area contributed by atoms with Crippen LogP contribution in [0.3, 0.4) is 0 Å². The summed E-state index contributed by atoms with van der Waals surface area (Å²) in [4.78, 5) is 16.8. The Morgan fingerprint density at radius 2 is 2.27 bits per heavy atom. The van der Waals surface area contributed by atoms with Crippen molar-refractivity contribution in [3.63, 3.8) is 0 Å². The summed E-state index contributed by atoms with van der Waals surface area (Å²) < 4.78 is 42.2. The first-order valence-corrected chi connectivity index (χ1v) is 10.7. The third kappa shape index (κ3) is 4.07. The molecule has 1 aromatic heterocycles. The van der Waals surface area contributed by atoms with Crippen LogP contribution >= 0.6 is 38.9 Å². The summed E-state index contributed by atoms with van der Waals surface area (Å²) in [6.07, 6.45) is 1.76. The summed E-state index contributed by atoms with van der Waals surface area (Å²) in [5.41, 5.74) is 0.277. The molecule has 7 nitrogen and oxygen atoms in total. The maximum Gasteiger partial charge on any atom is 0.280 e. The topological polar surface area (TPSA) is 91.4 Å². The van der Waals surface area contributed by atoms with Crippen LogP contribution in [-0.4, -0.2) is 36.7 Å². The molecule has 0 unspecified atom stereocenters. The van der Waals surface area contributed by atoms with Gasteiger partial charge in [-0.25, -0.2) is 9.37 Å². The van der Waals surface area contributed by atoms with Gasteiger partial charge in [0.05, 0.1) is 21.0 Å². The van der Waals surface area contributed by atoms with Gasteiger partial charge >= 0.3 is 0 Å². The molecule has 2 N–H and O–H groups in total. The van der Waals surface area contributed by atoms with E-state index in [0.29, 0.717) is 5.01 Å². The molecule has 0 radical (unpaired) electrons. The van der Waals surface area contributed by atoms with Gasteiger partial charge in [-0.1, -0.05) is 11.6 Å². The number of aromatic nitrogens is 1. The van der Waals surface area contributed by atoms with Crippen LogP contribution in [0.1, 0.15) is 17.5 Å². The molecule has 1 fully saturated rings. The molecule has 1 saturated heterocycles. The third-order valence-corrected chi connectivity index (χ3v) is 7.33. The van der Waals surface area contributed by atoms with Crippen LogP contribution in [0.4, 0.5) is 10.1 Å². The summed E-state index contributed by atoms with van der Waals surface area (Å²) >= 11 is 10.3. The maximum absolute atomic E-state index is 13.2. The van der Waals surface area contributed by atoms with Gasteiger partial charge in [-0.05, 0) is 40.5 Å². The first kappa shape index (κ1) is 19.6. The van der Waals surface area contributed by atoms with Gasteiger partial charge in [0, 0.05) is 12.7 Å². The number of amides is 1. The number of thiazole rings is 1. The number of anilines is 1. The summed E-state index contributed by atoms with van der Waals surface area (Å²) in [6.45, 7) is 0. The van der Waals surface area contributed by atoms with Crippen molar-refractivity contribution in [3.05, 3.63) is 44.0 Å². The highest BCUT2D eigenvalue weighted by molar-refractivity contribution is 9.11. The van der Waals surface area contributed by atoms with Crippen LogP contribution in [0.15, 0.2) is 28.2 Å². The minimum Gasteiger partial charge on any atom is -0.325 e. The lowest BCUT2D eigenvalue weighted by atomic mass is 10.1. The molecule has 3 rings (SSSR count). The fraction of sp³-hybridized carbons (Fsp3) is 0.286. The van der Waals surface area contributed by atoms with Crippen molar-refractivity contribution in [2.75, 3.05) is 12.4 Å². The Bertz CT molecular complexity index is 955. The molecule has 1 aliphatic rings. The van der Waals surface area contributed by atoms with Gasteiger partial charge in [-0.3, -0.25) is 4.79 Å². The van der Waals surface area contributed by atoms with Crippen molar-refractivity contribution in [1.82, 2.24) is 14.0 Å². The highest BCUT2D eigenvalue weighted by Gasteiger charge is 2.41. The largest absolute Gasteiger partial charge is 0.325 e. The molecule has 2 heterocycles. The van der Waals surface area contributed by atoms with Crippen molar-refractivity contribution < 1.29 is 17.6 Å². The van der Waals surface area contributed by atoms with E-state index in [2.05, 4.69) is 31.0 Å². The van der Waals surface area contributed by atoms with Gasteiger partial charge in [0.15, 0.2) is 0 Å². The van der Waals surface area contributed by atoms with Gasteiger partial charge in [-0.15, -0.1) is 11.3 Å². The molecule has 1 aliphatic heterocycles. The summed E-state index contributed by atoms with van der Waals surface area (Å²) in [6, 6.07) is 2.15. The lowest BCUT2D eigenvalue weighted by Gasteiger charge is -2.35. The SMILES string of the molecule is CN1[C@@H](C(=O)Nc2ccc(F)c(Cl)c2)C[C@H](c2ncc(Br)s2)NS1(=O)=O. The van der Waals surface area contributed by atoms with Crippen LogP contribution in [-0.2, 0) is 15.0 Å². The zero-order valence-corrected chi connectivity index (χ0v) is 17.2. The average Bonchev–Trinajstić information content (AvgIpc) is 2.99. The van der Waals surface area contributed by atoms with E-state index in [-0.39, 0.29) is 17.1 Å². The van der Waals surface area contributed by atoms with E-state index in [1.165, 1.54) is 30.5 Å². The average molecular weight is 484 g/mol. The molecule has 0 bridgehead atoms. The first-order chi connectivity index (χ1) is 12.2. The van der Waals surface area contributed by atoms with Crippen LogP contribution in [0.2, 0.25) is 5.02 Å². The molecular weight excluding hydrogens is 471 g/mol. The fourth-order valence-electron chi connectivity index (χ4n) is 2.50. The van der Waals surface area contributed by atoms with E-state index in [4.69, 9.17) is 11.6 Å². The van der Waals surface area contributed by atoms with Crippen molar-refractivity contribution in [2.24, 2.45) is 0 Å². The molecule has 2 aromatic rings. The predicted octanol–water partition coefficient (Wildman–Crippen LogP) is 2.92. The number of likely N-dealkylation sites (N-methyl/N-ethyl adjacent to an activating group) is 1. The standard InChI is InChI=1S/C14H13BrClFN4O3S2/c1-21-11(13(22)19-7-2-3-9(17)8(16)4-7)5-10(20-26(21,23)24)14-18-6-12(15)25-14/h2-4,6,10-11,20H,5H2,1H3,(H,19,22)/t10-,11-/m1/s1. The van der Waals surface area contributed by atoms with E-state index in [1.54, 1.807) is 6.20 Å². The zero-order chi connectivity index (χ0) is 19.1. The molecule has 0 aliphatic carbocycles. The third-order valence-electron chi connectivity index (χ3n) is 3.85. The van der Waals surface area contributed by atoms with Crippen molar-refractivity contribution in [3.8, 4) is 0 Å². The lowest BCUT2D eigenvalue weighted by molar-refractivity contribution is -0.120. The molecule has 12 heteroatoms. The smallest absolute Gasteiger partial charge is 0.280 e. The predicted molar refractivity (Wildman–Crippen MR) is 101 cm³/mol. The quantitative estimate of drug-likeness (QED) is 0.702. The van der Waals surface area contributed by atoms with Crippen LogP contribution in [0.25, 0.3) is 0 Å². The molecule has 2 atom stereocenters. The monoisotopic (exact) mass is 482 g/mol. The van der Waals surface area contributed by atoms with E-state index < -0.39 is 34.0 Å². The molecule has 1 amide bonds. The molecule has 0 saturated carbocycles. The van der Waals surface area contributed by atoms with E-state index in [1.807, 2.05) is 0 Å². The minimum absolute atomic E-state index is 0.139. The zero-order valence-electron chi connectivity index (χ0n) is 13.2. The van der Waals surface area contributed by atoms with Crippen molar-refractivity contribution in [2.45, 2.75) is 18.5 Å². The summed E-state index contributed by atoms with van der Waals surface area (Å²) in [7, 11) is -2.55. The minimum atomic E-state index is -3.86.